The smallest absolute Gasteiger partial charge is 0.341 e. The highest BCUT2D eigenvalue weighted by molar-refractivity contribution is 5.99. The Kier molecular flexibility index (Phi) is 9.87. The molecule has 2 aliphatic heterocycles. The van der Waals surface area contributed by atoms with E-state index in [1.54, 1.807) is 0 Å². The predicted molar refractivity (Wildman–Crippen MR) is 175 cm³/mol. The van der Waals surface area contributed by atoms with Crippen molar-refractivity contribution in [2.45, 2.75) is 45.4 Å². The summed E-state index contributed by atoms with van der Waals surface area (Å²) in [5.41, 5.74) is 5.71. The Bertz CT molecular complexity index is 1590. The molecule has 1 saturated heterocycles. The van der Waals surface area contributed by atoms with Crippen molar-refractivity contribution < 1.29 is 23.5 Å². The lowest BCUT2D eigenvalue weighted by molar-refractivity contribution is -0.992. The summed E-state index contributed by atoms with van der Waals surface area (Å²) < 4.78 is 12.4. The molecule has 0 spiro atoms. The molecule has 3 aromatic rings. The molecule has 2 unspecified atom stereocenters. The van der Waals surface area contributed by atoms with Gasteiger partial charge in [-0.05, 0) is 31.5 Å². The van der Waals surface area contributed by atoms with E-state index < -0.39 is 24.1 Å². The fourth-order valence-corrected chi connectivity index (χ4v) is 7.11. The Balaban J connectivity index is 1.61. The molecule has 232 valence electrons. The maximum Gasteiger partial charge on any atom is 0.341 e. The van der Waals surface area contributed by atoms with Crippen LogP contribution >= 0.6 is 0 Å². The molecule has 0 bridgehead atoms. The standard InChI is InChI=1S/C38H41N3O4/c1-6-28-15-14-20-31(25-28)35-33(37(42)44-5)26(3)40-27(4)34(35)38(43)45-32(7-2)41(23-21-39-22-24-41)36(29-16-10-8-11-17-29)30-18-12-9-13-19-30/h1,8-20,25,32,35-36,39H,7,21-24H2,2-5H3/p+1. The van der Waals surface area contributed by atoms with Gasteiger partial charge in [-0.25, -0.2) is 9.59 Å². The molecular weight excluding hydrogens is 562 g/mol. The third-order valence-corrected chi connectivity index (χ3v) is 9.09. The fraction of sp³-hybridized carbons (Fsp3) is 0.316. The number of hydrogen-bond acceptors (Lipinski definition) is 6. The van der Waals surface area contributed by atoms with Gasteiger partial charge in [0.2, 0.25) is 6.23 Å². The monoisotopic (exact) mass is 604 g/mol. The molecule has 0 amide bonds. The summed E-state index contributed by atoms with van der Waals surface area (Å²) in [6.07, 6.45) is 5.89. The molecule has 7 nitrogen and oxygen atoms in total. The number of ether oxygens (including phenoxy) is 2. The van der Waals surface area contributed by atoms with E-state index in [1.165, 1.54) is 18.2 Å². The van der Waals surface area contributed by atoms with Crippen LogP contribution in [0.4, 0.5) is 0 Å². The van der Waals surface area contributed by atoms with Gasteiger partial charge < -0.3 is 20.1 Å². The Labute approximate surface area is 266 Å². The highest BCUT2D eigenvalue weighted by Crippen LogP contribution is 2.42. The van der Waals surface area contributed by atoms with Gasteiger partial charge >= 0.3 is 11.9 Å². The Morgan fingerprint density at radius 2 is 1.47 bits per heavy atom. The topological polar surface area (TPSA) is 76.7 Å². The second-order valence-electron chi connectivity index (χ2n) is 11.7. The summed E-state index contributed by atoms with van der Waals surface area (Å²) in [5.74, 6) is 0.981. The summed E-state index contributed by atoms with van der Waals surface area (Å²) >= 11 is 0. The number of esters is 2. The van der Waals surface area contributed by atoms with Crippen molar-refractivity contribution in [2.75, 3.05) is 33.3 Å². The number of hydrogen-bond donors (Lipinski definition) is 2. The van der Waals surface area contributed by atoms with Gasteiger partial charge in [0, 0.05) is 47.6 Å². The van der Waals surface area contributed by atoms with Crippen LogP contribution in [0.2, 0.25) is 0 Å². The maximum absolute atomic E-state index is 14.6. The van der Waals surface area contributed by atoms with Crippen molar-refractivity contribution in [3.63, 3.8) is 0 Å². The van der Waals surface area contributed by atoms with Gasteiger partial charge in [0.15, 0.2) is 0 Å². The molecule has 0 saturated carbocycles. The lowest BCUT2D eigenvalue weighted by Gasteiger charge is -2.51. The van der Waals surface area contributed by atoms with Gasteiger partial charge in [0.05, 0.1) is 37.3 Å². The summed E-state index contributed by atoms with van der Waals surface area (Å²) in [4.78, 5) is 27.8. The van der Waals surface area contributed by atoms with Gasteiger partial charge in [-0.2, -0.15) is 0 Å². The molecule has 1 fully saturated rings. The minimum Gasteiger partial charge on any atom is -0.466 e. The zero-order chi connectivity index (χ0) is 32.0. The van der Waals surface area contributed by atoms with E-state index in [4.69, 9.17) is 15.9 Å². The summed E-state index contributed by atoms with van der Waals surface area (Å²) in [6.45, 7) is 8.88. The Morgan fingerprint density at radius 1 is 0.889 bits per heavy atom. The third-order valence-electron chi connectivity index (χ3n) is 9.09. The number of dihydropyridines is 1. The van der Waals surface area contributed by atoms with Crippen LogP contribution in [0.15, 0.2) is 107 Å². The average Bonchev–Trinajstić information content (AvgIpc) is 3.08. The highest BCUT2D eigenvalue weighted by Gasteiger charge is 2.49. The number of allylic oxidation sites excluding steroid dienone is 2. The quantitative estimate of drug-likeness (QED) is 0.189. The van der Waals surface area contributed by atoms with Crippen LogP contribution in [0.3, 0.4) is 0 Å². The number of methoxy groups -OCH3 is 1. The average molecular weight is 605 g/mol. The van der Waals surface area contributed by atoms with E-state index in [9.17, 15) is 9.59 Å². The lowest BCUT2D eigenvalue weighted by Crippen LogP contribution is -2.66. The zero-order valence-corrected chi connectivity index (χ0v) is 26.5. The molecule has 5 rings (SSSR count). The Hall–Kier alpha value is -4.64. The van der Waals surface area contributed by atoms with Crippen LogP contribution in [-0.2, 0) is 19.1 Å². The molecule has 2 atom stereocenters. The van der Waals surface area contributed by atoms with Crippen LogP contribution in [0.5, 0.6) is 0 Å². The van der Waals surface area contributed by atoms with Crippen molar-refractivity contribution in [3.05, 3.63) is 130 Å². The van der Waals surface area contributed by atoms with Crippen LogP contribution < -0.4 is 10.6 Å². The Morgan fingerprint density at radius 3 is 2.00 bits per heavy atom. The zero-order valence-electron chi connectivity index (χ0n) is 26.5. The minimum absolute atomic E-state index is 0.0531. The largest absolute Gasteiger partial charge is 0.466 e. The van der Waals surface area contributed by atoms with Crippen molar-refractivity contribution in [2.24, 2.45) is 0 Å². The van der Waals surface area contributed by atoms with Gasteiger partial charge in [-0.3, -0.25) is 4.48 Å². The van der Waals surface area contributed by atoms with Crippen molar-refractivity contribution >= 4 is 11.9 Å². The normalized spacial score (nSPS) is 18.5. The van der Waals surface area contributed by atoms with Crippen LogP contribution in [0, 0.1) is 12.3 Å². The number of benzene rings is 3. The van der Waals surface area contributed by atoms with Gasteiger partial charge in [-0.1, -0.05) is 85.6 Å². The van der Waals surface area contributed by atoms with Crippen molar-refractivity contribution in [1.82, 2.24) is 10.6 Å². The second kappa shape index (κ2) is 14.0. The molecule has 3 aromatic carbocycles. The summed E-state index contributed by atoms with van der Waals surface area (Å²) in [7, 11) is 1.35. The molecule has 0 aliphatic carbocycles. The highest BCUT2D eigenvalue weighted by atomic mass is 16.6. The van der Waals surface area contributed by atoms with E-state index in [-0.39, 0.29) is 6.04 Å². The van der Waals surface area contributed by atoms with Gasteiger partial charge in [-0.15, -0.1) is 6.42 Å². The van der Waals surface area contributed by atoms with Crippen LogP contribution in [-0.4, -0.2) is 55.9 Å². The number of piperazine rings is 1. The van der Waals surface area contributed by atoms with Gasteiger partial charge in [0.1, 0.15) is 6.04 Å². The number of rotatable bonds is 9. The maximum atomic E-state index is 14.6. The number of quaternary nitrogens is 1. The molecule has 2 aliphatic rings. The molecular formula is C38H42N3O4+. The molecule has 45 heavy (non-hydrogen) atoms. The van der Waals surface area contributed by atoms with Crippen LogP contribution in [0.25, 0.3) is 0 Å². The second-order valence-corrected chi connectivity index (χ2v) is 11.7. The summed E-state index contributed by atoms with van der Waals surface area (Å²) in [6, 6.07) is 28.3. The van der Waals surface area contributed by atoms with Gasteiger partial charge in [0.25, 0.3) is 0 Å². The third kappa shape index (κ3) is 6.30. The molecule has 0 radical (unpaired) electrons. The number of terminal acetylenes is 1. The molecule has 2 heterocycles. The summed E-state index contributed by atoms with van der Waals surface area (Å²) in [5, 5.41) is 6.78. The minimum atomic E-state index is -0.715. The SMILES string of the molecule is C#Cc1cccc(C2C(C(=O)OC)=C(C)NC(C)=C2C(=O)OC(CC)[N+]2(C(c3ccccc3)c3ccccc3)CCNCC2)c1. The first kappa shape index (κ1) is 31.8. The van der Waals surface area contributed by atoms with E-state index in [0.29, 0.717) is 39.0 Å². The van der Waals surface area contributed by atoms with Crippen molar-refractivity contribution in [3.8, 4) is 12.3 Å². The fourth-order valence-electron chi connectivity index (χ4n) is 7.11. The van der Waals surface area contributed by atoms with Crippen LogP contribution in [0.1, 0.15) is 61.4 Å². The van der Waals surface area contributed by atoms with E-state index in [2.05, 4.69) is 72.0 Å². The molecule has 2 N–H and O–H groups in total. The number of carbonyl (C=O) groups excluding carboxylic acids is 2. The predicted octanol–water partition coefficient (Wildman–Crippen LogP) is 5.56. The number of nitrogens with one attached hydrogen (secondary N) is 2. The van der Waals surface area contributed by atoms with Crippen molar-refractivity contribution in [1.29, 1.82) is 0 Å². The van der Waals surface area contributed by atoms with E-state index in [1.807, 2.05) is 50.2 Å². The molecule has 0 aromatic heterocycles. The molecule has 7 heteroatoms. The van der Waals surface area contributed by atoms with E-state index in [0.717, 1.165) is 31.7 Å². The lowest BCUT2D eigenvalue weighted by atomic mass is 9.80. The first-order valence-corrected chi connectivity index (χ1v) is 15.6. The first-order valence-electron chi connectivity index (χ1n) is 15.6. The number of nitrogens with zero attached hydrogens (tertiary/aromatic N) is 1. The van der Waals surface area contributed by atoms with E-state index >= 15 is 0 Å². The number of carbonyl (C=O) groups is 2. The first-order chi connectivity index (χ1) is 21.8.